The van der Waals surface area contributed by atoms with Gasteiger partial charge in [-0.05, 0) is 43.0 Å². The topological polar surface area (TPSA) is 88.1 Å². The lowest BCUT2D eigenvalue weighted by Gasteiger charge is -2.29. The van der Waals surface area contributed by atoms with Crippen molar-refractivity contribution in [3.05, 3.63) is 23.8 Å². The van der Waals surface area contributed by atoms with Crippen LogP contribution in [0.2, 0.25) is 0 Å². The minimum atomic E-state index is -1.04. The number of guanidine groups is 1. The van der Waals surface area contributed by atoms with E-state index in [-0.39, 0.29) is 12.4 Å². The molecule has 158 valence electrons. The number of hydrogen-bond acceptors (Lipinski definition) is 4. The van der Waals surface area contributed by atoms with Gasteiger partial charge < -0.3 is 25.3 Å². The van der Waals surface area contributed by atoms with E-state index < -0.39 is 5.54 Å². The molecule has 0 aliphatic carbocycles. The molecule has 1 aromatic rings. The number of aliphatic imine (C=N–C) groups is 1. The molecule has 1 rings (SSSR count). The third kappa shape index (κ3) is 7.79. The fourth-order valence-corrected chi connectivity index (χ4v) is 3.20. The molecule has 0 amide bonds. The second-order valence-corrected chi connectivity index (χ2v) is 7.98. The van der Waals surface area contributed by atoms with Gasteiger partial charge in [0.1, 0.15) is 18.1 Å². The number of ether oxygens (including phenoxy) is 1. The Kier molecular flexibility index (Phi) is 9.83. The summed E-state index contributed by atoms with van der Waals surface area (Å²) in [6.45, 7) is 6.31. The smallest absolute Gasteiger partial charge is 0.191 e. The van der Waals surface area contributed by atoms with E-state index in [2.05, 4.69) is 18.8 Å². The molecule has 2 atom stereocenters. The number of hydrogen-bond donors (Lipinski definition) is 2. The van der Waals surface area contributed by atoms with Crippen molar-refractivity contribution in [2.45, 2.75) is 64.8 Å². The summed E-state index contributed by atoms with van der Waals surface area (Å²) in [4.78, 5) is 18.4. The number of phenols is 1. The van der Waals surface area contributed by atoms with E-state index in [0.717, 1.165) is 24.7 Å². The monoisotopic (exact) mass is 391 g/mol. The second kappa shape index (κ2) is 11.6. The Morgan fingerprint density at radius 1 is 1.36 bits per heavy atom. The number of carbonyl (C=O) groups is 1. The molecular formula is C22H37N3O3. The average molecular weight is 392 g/mol. The van der Waals surface area contributed by atoms with Crippen molar-refractivity contribution in [2.75, 3.05) is 20.7 Å². The molecule has 3 N–H and O–H groups in total. The van der Waals surface area contributed by atoms with Crippen molar-refractivity contribution < 1.29 is 14.6 Å². The van der Waals surface area contributed by atoms with E-state index in [9.17, 15) is 9.90 Å². The van der Waals surface area contributed by atoms with Crippen molar-refractivity contribution in [3.63, 3.8) is 0 Å². The number of nitrogens with two attached hydrogens (primary N) is 1. The Hall–Kier alpha value is -2.24. The van der Waals surface area contributed by atoms with Gasteiger partial charge >= 0.3 is 0 Å². The highest BCUT2D eigenvalue weighted by atomic mass is 16.5. The van der Waals surface area contributed by atoms with Crippen LogP contribution in [0.15, 0.2) is 23.2 Å². The van der Waals surface area contributed by atoms with Crippen LogP contribution in [0.5, 0.6) is 11.5 Å². The highest BCUT2D eigenvalue weighted by Crippen LogP contribution is 2.28. The molecule has 0 spiro atoms. The Morgan fingerprint density at radius 2 is 2.07 bits per heavy atom. The molecule has 0 aliphatic rings. The number of carbonyl (C=O) groups excluding carboxylic acids is 1. The average Bonchev–Trinajstić information content (AvgIpc) is 2.64. The predicted octanol–water partition coefficient (Wildman–Crippen LogP) is 3.89. The number of unbranched alkanes of at least 4 members (excludes halogenated alkanes) is 3. The normalized spacial score (nSPS) is 15.0. The molecule has 0 saturated carbocycles. The van der Waals surface area contributed by atoms with Gasteiger partial charge in [0.2, 0.25) is 0 Å². The number of benzene rings is 1. The summed E-state index contributed by atoms with van der Waals surface area (Å²) in [7, 11) is 3.60. The lowest BCUT2D eigenvalue weighted by atomic mass is 9.87. The molecule has 1 aromatic carbocycles. The number of aryl methyl sites for hydroxylation is 1. The lowest BCUT2D eigenvalue weighted by Crippen LogP contribution is -2.43. The van der Waals surface area contributed by atoms with Crippen LogP contribution in [0.4, 0.5) is 0 Å². The maximum atomic E-state index is 12.2. The maximum Gasteiger partial charge on any atom is 0.191 e. The molecule has 0 aromatic heterocycles. The van der Waals surface area contributed by atoms with E-state index in [1.165, 1.54) is 19.3 Å². The minimum Gasteiger partial charge on any atom is -0.508 e. The summed E-state index contributed by atoms with van der Waals surface area (Å²) in [5, 5.41) is 9.58. The van der Waals surface area contributed by atoms with Gasteiger partial charge in [-0.25, -0.2) is 4.99 Å². The number of nitrogens with zero attached hydrogens (tertiary/aromatic N) is 2. The summed E-state index contributed by atoms with van der Waals surface area (Å²) in [5.41, 5.74) is 5.80. The van der Waals surface area contributed by atoms with Crippen LogP contribution in [0.1, 0.15) is 57.9 Å². The first kappa shape index (κ1) is 23.8. The molecular weight excluding hydrogens is 354 g/mol. The Bertz CT molecular complexity index is 646. The van der Waals surface area contributed by atoms with Crippen LogP contribution < -0.4 is 10.5 Å². The molecule has 0 fully saturated rings. The van der Waals surface area contributed by atoms with Crippen molar-refractivity contribution >= 4 is 12.2 Å². The standard InChI is InChI=1S/C22H37N3O3/c1-6-7-8-9-10-17(2)14-22(15-26,24-21(23)25(4)5)16-28-20-12-11-19(27)13-18(20)3/h11-13,15,17,27H,6-10,14,16H2,1-5H3,(H2,23,24). The molecule has 6 nitrogen and oxygen atoms in total. The van der Waals surface area contributed by atoms with Gasteiger partial charge in [0.25, 0.3) is 0 Å². The molecule has 0 saturated heterocycles. The highest BCUT2D eigenvalue weighted by Gasteiger charge is 2.33. The second-order valence-electron chi connectivity index (χ2n) is 7.98. The fourth-order valence-electron chi connectivity index (χ4n) is 3.20. The van der Waals surface area contributed by atoms with Crippen LogP contribution >= 0.6 is 0 Å². The van der Waals surface area contributed by atoms with Crippen LogP contribution in [0.25, 0.3) is 0 Å². The first-order valence-corrected chi connectivity index (χ1v) is 10.1. The zero-order valence-electron chi connectivity index (χ0n) is 18.1. The lowest BCUT2D eigenvalue weighted by molar-refractivity contribution is -0.113. The highest BCUT2D eigenvalue weighted by molar-refractivity contribution is 5.81. The Balaban J connectivity index is 2.95. The van der Waals surface area contributed by atoms with Gasteiger partial charge in [0.05, 0.1) is 0 Å². The van der Waals surface area contributed by atoms with Gasteiger partial charge in [0, 0.05) is 14.1 Å². The maximum absolute atomic E-state index is 12.2. The number of aromatic hydroxyl groups is 1. The van der Waals surface area contributed by atoms with Crippen LogP contribution in [0.3, 0.4) is 0 Å². The Morgan fingerprint density at radius 3 is 2.64 bits per heavy atom. The van der Waals surface area contributed by atoms with E-state index >= 15 is 0 Å². The molecule has 6 heteroatoms. The van der Waals surface area contributed by atoms with Gasteiger partial charge in [-0.1, -0.05) is 46.0 Å². The minimum absolute atomic E-state index is 0.107. The van der Waals surface area contributed by atoms with E-state index in [1.807, 2.05) is 6.92 Å². The largest absolute Gasteiger partial charge is 0.508 e. The third-order valence-corrected chi connectivity index (χ3v) is 4.90. The Labute approximate surface area is 169 Å². The van der Waals surface area contributed by atoms with Crippen LogP contribution in [-0.4, -0.2) is 48.5 Å². The van der Waals surface area contributed by atoms with Crippen molar-refractivity contribution in [1.29, 1.82) is 0 Å². The van der Waals surface area contributed by atoms with Gasteiger partial charge in [-0.15, -0.1) is 0 Å². The number of phenolic OH excluding ortho intramolecular Hbond substituents is 1. The van der Waals surface area contributed by atoms with Crippen molar-refractivity contribution in [2.24, 2.45) is 16.6 Å². The summed E-state index contributed by atoms with van der Waals surface area (Å²) < 4.78 is 5.95. The zero-order chi connectivity index (χ0) is 21.2. The zero-order valence-corrected chi connectivity index (χ0v) is 18.1. The first-order chi connectivity index (χ1) is 13.2. The van der Waals surface area contributed by atoms with Crippen molar-refractivity contribution in [1.82, 2.24) is 4.90 Å². The van der Waals surface area contributed by atoms with Crippen LogP contribution in [-0.2, 0) is 4.79 Å². The summed E-state index contributed by atoms with van der Waals surface area (Å²) >= 11 is 0. The molecule has 28 heavy (non-hydrogen) atoms. The van der Waals surface area contributed by atoms with Gasteiger partial charge in [-0.3, -0.25) is 0 Å². The molecule has 0 aliphatic heterocycles. The summed E-state index contributed by atoms with van der Waals surface area (Å²) in [5.74, 6) is 1.43. The van der Waals surface area contributed by atoms with E-state index in [1.54, 1.807) is 37.2 Å². The van der Waals surface area contributed by atoms with Crippen molar-refractivity contribution in [3.8, 4) is 11.5 Å². The molecule has 0 bridgehead atoms. The fraction of sp³-hybridized carbons (Fsp3) is 0.636. The van der Waals surface area contributed by atoms with E-state index in [4.69, 9.17) is 10.5 Å². The van der Waals surface area contributed by atoms with Crippen LogP contribution in [0, 0.1) is 12.8 Å². The van der Waals surface area contributed by atoms with Gasteiger partial charge in [0.15, 0.2) is 17.8 Å². The summed E-state index contributed by atoms with van der Waals surface area (Å²) in [6, 6.07) is 4.90. The molecule has 0 heterocycles. The number of aldehydes is 1. The van der Waals surface area contributed by atoms with Gasteiger partial charge in [-0.2, -0.15) is 0 Å². The quantitative estimate of drug-likeness (QED) is 0.244. The molecule has 2 unspecified atom stereocenters. The number of rotatable bonds is 12. The predicted molar refractivity (Wildman–Crippen MR) is 115 cm³/mol. The van der Waals surface area contributed by atoms with E-state index in [0.29, 0.717) is 24.0 Å². The summed E-state index contributed by atoms with van der Waals surface area (Å²) in [6.07, 6.45) is 7.29. The third-order valence-electron chi connectivity index (χ3n) is 4.90. The molecule has 0 radical (unpaired) electrons. The first-order valence-electron chi connectivity index (χ1n) is 10.1. The SMILES string of the molecule is CCCCCCC(C)CC(C=O)(COc1ccc(O)cc1C)N=C(N)N(C)C.